The van der Waals surface area contributed by atoms with Crippen molar-refractivity contribution in [2.75, 3.05) is 12.0 Å². The molecule has 0 aliphatic carbocycles. The number of aryl methyl sites for hydroxylation is 1. The van der Waals surface area contributed by atoms with Crippen LogP contribution in [0.25, 0.3) is 0 Å². The highest BCUT2D eigenvalue weighted by Gasteiger charge is 2.38. The van der Waals surface area contributed by atoms with Crippen molar-refractivity contribution in [1.82, 2.24) is 14.8 Å². The fourth-order valence-electron chi connectivity index (χ4n) is 3.83. The Morgan fingerprint density at radius 1 is 1.07 bits per heavy atom. The fraction of sp³-hybridized carbons (Fsp3) is 0.318. The van der Waals surface area contributed by atoms with Crippen LogP contribution in [0.5, 0.6) is 5.75 Å². The van der Waals surface area contributed by atoms with Gasteiger partial charge in [-0.1, -0.05) is 48.9 Å². The molecule has 0 saturated carbocycles. The highest BCUT2D eigenvalue weighted by Crippen LogP contribution is 2.42. The molecule has 0 spiro atoms. The van der Waals surface area contributed by atoms with Gasteiger partial charge in [-0.15, -0.1) is 0 Å². The minimum Gasteiger partial charge on any atom is -0.497 e. The Bertz CT molecular complexity index is 963. The molecule has 1 aliphatic heterocycles. The lowest BCUT2D eigenvalue weighted by Gasteiger charge is -2.39. The summed E-state index contributed by atoms with van der Waals surface area (Å²) in [6.45, 7) is 3.95. The monoisotopic (exact) mass is 376 g/mol. The summed E-state index contributed by atoms with van der Waals surface area (Å²) in [5.74, 6) is 1.47. The van der Waals surface area contributed by atoms with E-state index in [2.05, 4.69) is 53.4 Å². The average molecular weight is 376 g/mol. The van der Waals surface area contributed by atoms with E-state index in [0.29, 0.717) is 12.4 Å². The molecule has 0 fully saturated rings. The molecule has 6 heteroatoms. The third kappa shape index (κ3) is 3.15. The van der Waals surface area contributed by atoms with Crippen LogP contribution < -0.4 is 9.64 Å². The number of amides is 1. The number of fused-ring (bicyclic) bond motifs is 1. The van der Waals surface area contributed by atoms with Gasteiger partial charge in [0, 0.05) is 6.42 Å². The normalized spacial score (nSPS) is 18.6. The van der Waals surface area contributed by atoms with Gasteiger partial charge in [-0.2, -0.15) is 10.1 Å². The summed E-state index contributed by atoms with van der Waals surface area (Å²) in [7, 11) is 1.66. The molecule has 0 bridgehead atoms. The van der Waals surface area contributed by atoms with Gasteiger partial charge in [0.05, 0.1) is 19.2 Å². The van der Waals surface area contributed by atoms with Crippen molar-refractivity contribution in [3.8, 4) is 5.75 Å². The Hall–Kier alpha value is -3.15. The van der Waals surface area contributed by atoms with E-state index in [1.165, 1.54) is 11.9 Å². The van der Waals surface area contributed by atoms with Crippen molar-refractivity contribution >= 4 is 11.9 Å². The first-order valence-corrected chi connectivity index (χ1v) is 9.54. The predicted molar refractivity (Wildman–Crippen MR) is 107 cm³/mol. The number of methoxy groups -OCH3 is 1. The lowest BCUT2D eigenvalue weighted by atomic mass is 9.91. The molecule has 0 radical (unpaired) electrons. The van der Waals surface area contributed by atoms with Gasteiger partial charge >= 0.3 is 0 Å². The molecule has 0 unspecified atom stereocenters. The third-order valence-corrected chi connectivity index (χ3v) is 5.36. The summed E-state index contributed by atoms with van der Waals surface area (Å²) in [5, 5.41) is 4.45. The van der Waals surface area contributed by atoms with Crippen molar-refractivity contribution in [1.29, 1.82) is 0 Å². The Labute approximate surface area is 164 Å². The second-order valence-electron chi connectivity index (χ2n) is 7.07. The van der Waals surface area contributed by atoms with E-state index in [-0.39, 0.29) is 18.0 Å². The Morgan fingerprint density at radius 3 is 2.36 bits per heavy atom. The number of rotatable bonds is 4. The number of benzene rings is 2. The van der Waals surface area contributed by atoms with Crippen LogP contribution in [0.4, 0.5) is 5.95 Å². The van der Waals surface area contributed by atoms with E-state index in [1.807, 2.05) is 23.7 Å². The van der Waals surface area contributed by atoms with E-state index in [1.54, 1.807) is 12.0 Å². The summed E-state index contributed by atoms with van der Waals surface area (Å²) in [5.41, 5.74) is 3.43. The summed E-state index contributed by atoms with van der Waals surface area (Å²) in [6, 6.07) is 16.3. The molecule has 2 heterocycles. The topological polar surface area (TPSA) is 60.2 Å². The van der Waals surface area contributed by atoms with Crippen LogP contribution in [0.15, 0.2) is 54.9 Å². The maximum Gasteiger partial charge on any atom is 0.231 e. The first-order chi connectivity index (χ1) is 13.6. The fourth-order valence-corrected chi connectivity index (χ4v) is 3.83. The van der Waals surface area contributed by atoms with Crippen molar-refractivity contribution in [3.05, 3.63) is 71.5 Å². The Morgan fingerprint density at radius 2 is 1.71 bits per heavy atom. The highest BCUT2D eigenvalue weighted by atomic mass is 16.5. The van der Waals surface area contributed by atoms with Crippen LogP contribution in [-0.2, 0) is 4.79 Å². The smallest absolute Gasteiger partial charge is 0.231 e. The van der Waals surface area contributed by atoms with E-state index in [4.69, 9.17) is 4.74 Å². The lowest BCUT2D eigenvalue weighted by Crippen LogP contribution is -2.42. The maximum atomic E-state index is 12.8. The zero-order chi connectivity index (χ0) is 19.7. The van der Waals surface area contributed by atoms with E-state index >= 15 is 0 Å². The molecule has 1 amide bonds. The van der Waals surface area contributed by atoms with Gasteiger partial charge in [0.15, 0.2) is 0 Å². The Balaban J connectivity index is 1.80. The Kier molecular flexibility index (Phi) is 4.86. The maximum absolute atomic E-state index is 12.8. The van der Waals surface area contributed by atoms with Gasteiger partial charge in [-0.25, -0.2) is 4.68 Å². The summed E-state index contributed by atoms with van der Waals surface area (Å²) in [4.78, 5) is 19.1. The number of nitrogens with zero attached hydrogens (tertiary/aromatic N) is 4. The molecule has 3 aromatic rings. The highest BCUT2D eigenvalue weighted by molar-refractivity contribution is 5.92. The molecular weight excluding hydrogens is 352 g/mol. The average Bonchev–Trinajstić information content (AvgIpc) is 3.22. The van der Waals surface area contributed by atoms with Crippen molar-refractivity contribution in [3.63, 3.8) is 0 Å². The van der Waals surface area contributed by atoms with Crippen molar-refractivity contribution in [2.45, 2.75) is 38.8 Å². The predicted octanol–water partition coefficient (Wildman–Crippen LogP) is 4.07. The summed E-state index contributed by atoms with van der Waals surface area (Å²) in [6.07, 6.45) is 2.68. The number of ether oxygens (including phenoxy) is 1. The summed E-state index contributed by atoms with van der Waals surface area (Å²) >= 11 is 0. The molecule has 1 aliphatic rings. The standard InChI is InChI=1S/C22H24N4O2/c1-4-21(27)25-19(16-7-5-15(2)6-8-16)13-20(26-22(25)23-14-24-26)17-9-11-18(28-3)12-10-17/h5-12,14,19-20H,4,13H2,1-3H3/t19-,20+/m0/s1. The van der Waals surface area contributed by atoms with Crippen molar-refractivity contribution in [2.24, 2.45) is 0 Å². The number of carbonyl (C=O) groups is 1. The molecule has 1 aromatic heterocycles. The largest absolute Gasteiger partial charge is 0.497 e. The molecule has 28 heavy (non-hydrogen) atoms. The van der Waals surface area contributed by atoms with Crippen molar-refractivity contribution < 1.29 is 9.53 Å². The molecule has 0 saturated heterocycles. The van der Waals surface area contributed by atoms with Crippen LogP contribution in [0, 0.1) is 6.92 Å². The SMILES string of the molecule is CCC(=O)N1c2ncnn2[C@@H](c2ccc(OC)cc2)C[C@H]1c1ccc(C)cc1. The number of anilines is 1. The van der Waals surface area contributed by atoms with Crippen LogP contribution >= 0.6 is 0 Å². The first kappa shape index (κ1) is 18.2. The molecule has 6 nitrogen and oxygen atoms in total. The third-order valence-electron chi connectivity index (χ3n) is 5.36. The molecule has 4 rings (SSSR count). The molecule has 2 atom stereocenters. The van der Waals surface area contributed by atoms with Crippen LogP contribution in [0.3, 0.4) is 0 Å². The minimum atomic E-state index is -0.0862. The van der Waals surface area contributed by atoms with Gasteiger partial charge in [0.1, 0.15) is 12.1 Å². The van der Waals surface area contributed by atoms with Gasteiger partial charge in [-0.3, -0.25) is 9.69 Å². The second-order valence-corrected chi connectivity index (χ2v) is 7.07. The van der Waals surface area contributed by atoms with E-state index < -0.39 is 0 Å². The number of hydrogen-bond donors (Lipinski definition) is 0. The van der Waals surface area contributed by atoms with E-state index in [0.717, 1.165) is 23.3 Å². The second kappa shape index (κ2) is 7.46. The first-order valence-electron chi connectivity index (χ1n) is 9.54. The van der Waals surface area contributed by atoms with E-state index in [9.17, 15) is 4.79 Å². The van der Waals surface area contributed by atoms with Gasteiger partial charge < -0.3 is 4.74 Å². The number of aromatic nitrogens is 3. The van der Waals surface area contributed by atoms with Gasteiger partial charge in [0.2, 0.25) is 11.9 Å². The molecule has 2 aromatic carbocycles. The van der Waals surface area contributed by atoms with Crippen LogP contribution in [0.1, 0.15) is 48.5 Å². The minimum absolute atomic E-state index is 0.00406. The lowest BCUT2D eigenvalue weighted by molar-refractivity contribution is -0.119. The number of hydrogen-bond acceptors (Lipinski definition) is 4. The molecule has 144 valence electrons. The molecular formula is C22H24N4O2. The van der Waals surface area contributed by atoms with Gasteiger partial charge in [-0.05, 0) is 36.6 Å². The quantitative estimate of drug-likeness (QED) is 0.689. The van der Waals surface area contributed by atoms with Crippen LogP contribution in [0.2, 0.25) is 0 Å². The van der Waals surface area contributed by atoms with Gasteiger partial charge in [0.25, 0.3) is 0 Å². The molecule has 0 N–H and O–H groups in total. The van der Waals surface area contributed by atoms with Crippen LogP contribution in [-0.4, -0.2) is 27.8 Å². The zero-order valence-corrected chi connectivity index (χ0v) is 16.4. The zero-order valence-electron chi connectivity index (χ0n) is 16.4. The number of carbonyl (C=O) groups excluding carboxylic acids is 1. The summed E-state index contributed by atoms with van der Waals surface area (Å²) < 4.78 is 7.15.